The number of aryl methyl sites for hydroxylation is 1. The van der Waals surface area contributed by atoms with Crippen LogP contribution in [-0.2, 0) is 6.42 Å². The third kappa shape index (κ3) is 4.24. The van der Waals surface area contributed by atoms with Gasteiger partial charge in [0.25, 0.3) is 0 Å². The van der Waals surface area contributed by atoms with Crippen molar-refractivity contribution < 1.29 is 9.53 Å². The van der Waals surface area contributed by atoms with Gasteiger partial charge in [-0.3, -0.25) is 9.78 Å². The van der Waals surface area contributed by atoms with E-state index in [0.29, 0.717) is 28.3 Å². The Kier molecular flexibility index (Phi) is 4.77. The SMILES string of the molecule is Cc1cccc(CC(=O)c2cc(C#N)cc(Oc3cncnc3)c2)n1. The quantitative estimate of drug-likeness (QED) is 0.667. The van der Waals surface area contributed by atoms with Gasteiger partial charge >= 0.3 is 0 Å². The van der Waals surface area contributed by atoms with Crippen LogP contribution in [0.2, 0.25) is 0 Å². The molecular formula is C19H14N4O2. The van der Waals surface area contributed by atoms with Crippen molar-refractivity contribution in [2.24, 2.45) is 0 Å². The number of hydrogen-bond donors (Lipinski definition) is 0. The standard InChI is InChI=1S/C19H14N4O2/c1-13-3-2-4-16(23-13)8-19(24)15-5-14(9-20)6-17(7-15)25-18-10-21-12-22-11-18/h2-7,10-12H,8H2,1H3. The molecule has 1 aromatic carbocycles. The summed E-state index contributed by atoms with van der Waals surface area (Å²) in [5, 5.41) is 9.21. The van der Waals surface area contributed by atoms with Crippen LogP contribution in [0.5, 0.6) is 11.5 Å². The summed E-state index contributed by atoms with van der Waals surface area (Å²) < 4.78 is 5.64. The molecule has 0 radical (unpaired) electrons. The fraction of sp³-hybridized carbons (Fsp3) is 0.105. The Morgan fingerprint density at radius 1 is 1.16 bits per heavy atom. The highest BCUT2D eigenvalue weighted by Crippen LogP contribution is 2.23. The molecule has 122 valence electrons. The first kappa shape index (κ1) is 16.3. The average Bonchev–Trinajstić information content (AvgIpc) is 2.62. The summed E-state index contributed by atoms with van der Waals surface area (Å²) in [4.78, 5) is 24.6. The molecule has 0 N–H and O–H groups in total. The Hall–Kier alpha value is -3.59. The molecule has 0 aliphatic heterocycles. The van der Waals surface area contributed by atoms with Crippen LogP contribution < -0.4 is 4.74 Å². The van der Waals surface area contributed by atoms with Crippen molar-refractivity contribution >= 4 is 5.78 Å². The maximum atomic E-state index is 12.6. The van der Waals surface area contributed by atoms with Crippen LogP contribution in [0.4, 0.5) is 0 Å². The molecule has 6 nitrogen and oxygen atoms in total. The molecule has 0 saturated carbocycles. The number of aromatic nitrogens is 3. The molecule has 6 heteroatoms. The molecular weight excluding hydrogens is 316 g/mol. The zero-order valence-electron chi connectivity index (χ0n) is 13.5. The number of nitrogens with zero attached hydrogens (tertiary/aromatic N) is 4. The molecule has 3 rings (SSSR count). The lowest BCUT2D eigenvalue weighted by Gasteiger charge is -2.08. The van der Waals surface area contributed by atoms with Gasteiger partial charge in [0.15, 0.2) is 11.5 Å². The first-order valence-corrected chi connectivity index (χ1v) is 7.58. The number of Topliss-reactive ketones (excluding diaryl/α,β-unsaturated/α-hetero) is 1. The number of ether oxygens (including phenoxy) is 1. The molecule has 0 unspecified atom stereocenters. The van der Waals surface area contributed by atoms with Crippen molar-refractivity contribution in [1.29, 1.82) is 5.26 Å². The average molecular weight is 330 g/mol. The third-order valence-corrected chi connectivity index (χ3v) is 3.42. The normalized spacial score (nSPS) is 10.1. The number of ketones is 1. The van der Waals surface area contributed by atoms with E-state index in [1.165, 1.54) is 18.7 Å². The highest BCUT2D eigenvalue weighted by atomic mass is 16.5. The van der Waals surface area contributed by atoms with Crippen molar-refractivity contribution in [3.63, 3.8) is 0 Å². The van der Waals surface area contributed by atoms with Crippen LogP contribution in [0.25, 0.3) is 0 Å². The number of carbonyl (C=O) groups is 1. The first-order chi connectivity index (χ1) is 12.1. The summed E-state index contributed by atoms with van der Waals surface area (Å²) in [6, 6.07) is 12.3. The molecule has 25 heavy (non-hydrogen) atoms. The fourth-order valence-electron chi connectivity index (χ4n) is 2.32. The van der Waals surface area contributed by atoms with Crippen LogP contribution in [0.3, 0.4) is 0 Å². The zero-order chi connectivity index (χ0) is 17.6. The second-order valence-corrected chi connectivity index (χ2v) is 5.40. The van der Waals surface area contributed by atoms with Gasteiger partial charge in [-0.1, -0.05) is 6.07 Å². The van der Waals surface area contributed by atoms with E-state index >= 15 is 0 Å². The van der Waals surface area contributed by atoms with Gasteiger partial charge < -0.3 is 4.74 Å². The van der Waals surface area contributed by atoms with Crippen LogP contribution in [0.1, 0.15) is 27.3 Å². The number of rotatable bonds is 5. The summed E-state index contributed by atoms with van der Waals surface area (Å²) >= 11 is 0. The van der Waals surface area contributed by atoms with Gasteiger partial charge in [0.1, 0.15) is 12.1 Å². The summed E-state index contributed by atoms with van der Waals surface area (Å²) in [5.74, 6) is 0.676. The smallest absolute Gasteiger partial charge is 0.168 e. The van der Waals surface area contributed by atoms with Gasteiger partial charge in [-0.2, -0.15) is 5.26 Å². The predicted molar refractivity (Wildman–Crippen MR) is 90.3 cm³/mol. The summed E-state index contributed by atoms with van der Waals surface area (Å²) in [5.41, 5.74) is 2.28. The molecule has 2 aromatic heterocycles. The van der Waals surface area contributed by atoms with E-state index in [4.69, 9.17) is 4.74 Å². The van der Waals surface area contributed by atoms with E-state index in [-0.39, 0.29) is 12.2 Å². The van der Waals surface area contributed by atoms with Crippen molar-refractivity contribution in [3.05, 3.63) is 77.6 Å². The van der Waals surface area contributed by atoms with Crippen molar-refractivity contribution in [2.75, 3.05) is 0 Å². The molecule has 0 amide bonds. The van der Waals surface area contributed by atoms with Gasteiger partial charge in [-0.15, -0.1) is 0 Å². The first-order valence-electron chi connectivity index (χ1n) is 7.58. The lowest BCUT2D eigenvalue weighted by Crippen LogP contribution is -2.06. The number of benzene rings is 1. The lowest BCUT2D eigenvalue weighted by molar-refractivity contribution is 0.0991. The Morgan fingerprint density at radius 2 is 1.96 bits per heavy atom. The molecule has 3 aromatic rings. The van der Waals surface area contributed by atoms with Crippen LogP contribution in [0.15, 0.2) is 55.1 Å². The third-order valence-electron chi connectivity index (χ3n) is 3.42. The van der Waals surface area contributed by atoms with Gasteiger partial charge in [-0.05, 0) is 37.3 Å². The molecule has 0 fully saturated rings. The number of carbonyl (C=O) groups excluding carboxylic acids is 1. The molecule has 0 spiro atoms. The second-order valence-electron chi connectivity index (χ2n) is 5.40. The highest BCUT2D eigenvalue weighted by Gasteiger charge is 2.12. The number of hydrogen-bond acceptors (Lipinski definition) is 6. The maximum absolute atomic E-state index is 12.6. The maximum Gasteiger partial charge on any atom is 0.168 e. The van der Waals surface area contributed by atoms with Gasteiger partial charge in [-0.25, -0.2) is 9.97 Å². The number of nitriles is 1. The minimum Gasteiger partial charge on any atom is -0.454 e. The Morgan fingerprint density at radius 3 is 2.68 bits per heavy atom. The Labute approximate surface area is 144 Å². The van der Waals surface area contributed by atoms with Gasteiger partial charge in [0, 0.05) is 17.0 Å². The van der Waals surface area contributed by atoms with E-state index < -0.39 is 0 Å². The summed E-state index contributed by atoms with van der Waals surface area (Å²) in [7, 11) is 0. The van der Waals surface area contributed by atoms with E-state index in [9.17, 15) is 10.1 Å². The van der Waals surface area contributed by atoms with E-state index in [2.05, 4.69) is 15.0 Å². The van der Waals surface area contributed by atoms with E-state index in [1.807, 2.05) is 25.1 Å². The summed E-state index contributed by atoms with van der Waals surface area (Å²) in [6.07, 6.45) is 4.56. The molecule has 0 bridgehead atoms. The molecule has 0 atom stereocenters. The zero-order valence-corrected chi connectivity index (χ0v) is 13.5. The highest BCUT2D eigenvalue weighted by molar-refractivity contribution is 5.98. The molecule has 0 aliphatic rings. The van der Waals surface area contributed by atoms with E-state index in [1.54, 1.807) is 24.3 Å². The van der Waals surface area contributed by atoms with Crippen molar-refractivity contribution in [2.45, 2.75) is 13.3 Å². The number of pyridine rings is 1. The van der Waals surface area contributed by atoms with Crippen molar-refractivity contribution in [1.82, 2.24) is 15.0 Å². The van der Waals surface area contributed by atoms with Gasteiger partial charge in [0.05, 0.1) is 30.4 Å². The summed E-state index contributed by atoms with van der Waals surface area (Å²) in [6.45, 7) is 1.87. The monoisotopic (exact) mass is 330 g/mol. The molecule has 0 aliphatic carbocycles. The topological polar surface area (TPSA) is 88.8 Å². The largest absolute Gasteiger partial charge is 0.454 e. The van der Waals surface area contributed by atoms with Crippen LogP contribution >= 0.6 is 0 Å². The lowest BCUT2D eigenvalue weighted by atomic mass is 10.0. The van der Waals surface area contributed by atoms with Gasteiger partial charge in [0.2, 0.25) is 0 Å². The Balaban J connectivity index is 1.86. The molecule has 0 saturated heterocycles. The predicted octanol–water partition coefficient (Wildman–Crippen LogP) is 3.27. The second kappa shape index (κ2) is 7.32. The molecule has 2 heterocycles. The van der Waals surface area contributed by atoms with E-state index in [0.717, 1.165) is 5.69 Å². The Bertz CT molecular complexity index is 949. The van der Waals surface area contributed by atoms with Crippen LogP contribution in [0, 0.1) is 18.3 Å². The fourth-order valence-corrected chi connectivity index (χ4v) is 2.32. The van der Waals surface area contributed by atoms with Crippen molar-refractivity contribution in [3.8, 4) is 17.6 Å². The minimum atomic E-state index is -0.135. The minimum absolute atomic E-state index is 0.135. The van der Waals surface area contributed by atoms with Crippen LogP contribution in [-0.4, -0.2) is 20.7 Å².